The number of hydrogen-bond donors (Lipinski definition) is 0. The summed E-state index contributed by atoms with van der Waals surface area (Å²) < 4.78 is 25.3. The number of aryl methyl sites for hydroxylation is 2. The molecule has 0 N–H and O–H groups in total. The fourth-order valence-electron chi connectivity index (χ4n) is 4.46. The van der Waals surface area contributed by atoms with Crippen molar-refractivity contribution in [3.8, 4) is 0 Å². The topological polar surface area (TPSA) is 89.3 Å². The predicted octanol–water partition coefficient (Wildman–Crippen LogP) is 2.48. The van der Waals surface area contributed by atoms with Crippen molar-refractivity contribution in [3.63, 3.8) is 0 Å². The molecule has 3 heterocycles. The summed E-state index contributed by atoms with van der Waals surface area (Å²) in [5, 5.41) is 1.35. The summed E-state index contributed by atoms with van der Waals surface area (Å²) in [5.74, 6) is 0.238. The number of nitrogens with zero attached hydrogens (tertiary/aromatic N) is 3. The lowest BCUT2D eigenvalue weighted by molar-refractivity contribution is -0.129. The van der Waals surface area contributed by atoms with Crippen LogP contribution < -0.4 is 5.56 Å². The van der Waals surface area contributed by atoms with Crippen LogP contribution in [-0.2, 0) is 34.0 Å². The maximum Gasteiger partial charge on any atom is 0.263 e. The Balaban J connectivity index is 1.58. The second-order valence-corrected chi connectivity index (χ2v) is 12.2. The van der Waals surface area contributed by atoms with Gasteiger partial charge >= 0.3 is 0 Å². The average Bonchev–Trinajstić information content (AvgIpc) is 3.37. The maximum absolute atomic E-state index is 13.2. The fraction of sp³-hybridized carbons (Fsp3) is 0.650. The Morgan fingerprint density at radius 1 is 1.33 bits per heavy atom. The van der Waals surface area contributed by atoms with Gasteiger partial charge in [0, 0.05) is 24.0 Å². The molecule has 1 aliphatic heterocycles. The van der Waals surface area contributed by atoms with Gasteiger partial charge in [0.15, 0.2) is 15.0 Å². The highest BCUT2D eigenvalue weighted by Crippen LogP contribution is 2.35. The summed E-state index contributed by atoms with van der Waals surface area (Å²) in [7, 11) is -3.05. The average molecular weight is 470 g/mol. The minimum atomic E-state index is -3.05. The Labute approximate surface area is 184 Å². The number of amides is 1. The predicted molar refractivity (Wildman–Crippen MR) is 121 cm³/mol. The van der Waals surface area contributed by atoms with Gasteiger partial charge in [-0.05, 0) is 44.6 Å². The molecule has 0 radical (unpaired) electrons. The lowest BCUT2D eigenvalue weighted by atomic mass is 10.2. The summed E-state index contributed by atoms with van der Waals surface area (Å²) >= 11 is 2.89. The summed E-state index contributed by atoms with van der Waals surface area (Å²) in [4.78, 5) is 34.6. The van der Waals surface area contributed by atoms with Crippen LogP contribution in [0.4, 0.5) is 0 Å². The van der Waals surface area contributed by atoms with Crippen molar-refractivity contribution < 1.29 is 13.2 Å². The zero-order chi connectivity index (χ0) is 21.5. The molecule has 164 valence electrons. The van der Waals surface area contributed by atoms with E-state index in [-0.39, 0.29) is 34.8 Å². The summed E-state index contributed by atoms with van der Waals surface area (Å²) in [6.45, 7) is 4.94. The highest BCUT2D eigenvalue weighted by atomic mass is 32.2. The van der Waals surface area contributed by atoms with E-state index >= 15 is 0 Å². The molecule has 10 heteroatoms. The van der Waals surface area contributed by atoms with E-state index < -0.39 is 9.84 Å². The summed E-state index contributed by atoms with van der Waals surface area (Å²) in [6.07, 6.45) is 4.36. The number of fused-ring (bicyclic) bond motifs is 3. The zero-order valence-corrected chi connectivity index (χ0v) is 19.8. The fourth-order valence-corrected chi connectivity index (χ4v) is 8.40. The first kappa shape index (κ1) is 21.8. The van der Waals surface area contributed by atoms with Crippen molar-refractivity contribution in [3.05, 3.63) is 20.8 Å². The van der Waals surface area contributed by atoms with Crippen LogP contribution in [0.1, 0.15) is 43.6 Å². The Bertz CT molecular complexity index is 1140. The Kier molecular flexibility index (Phi) is 6.28. The third kappa shape index (κ3) is 4.05. The van der Waals surface area contributed by atoms with Gasteiger partial charge < -0.3 is 4.90 Å². The molecule has 1 saturated heterocycles. The number of thioether (sulfide) groups is 1. The van der Waals surface area contributed by atoms with E-state index in [1.807, 2.05) is 13.8 Å². The quantitative estimate of drug-likeness (QED) is 0.457. The lowest BCUT2D eigenvalue weighted by Gasteiger charge is -2.26. The van der Waals surface area contributed by atoms with E-state index in [4.69, 9.17) is 4.98 Å². The standard InChI is InChI=1S/C20H27N3O4S3/c1-3-9-23-19(25)17-14-6-5-7-15(14)29-18(17)21-20(23)28-11-16(24)22(4-2)13-8-10-30(26,27)12-13/h13H,3-12H2,1-2H3. The zero-order valence-electron chi connectivity index (χ0n) is 17.3. The largest absolute Gasteiger partial charge is 0.338 e. The molecule has 7 nitrogen and oxygen atoms in total. The van der Waals surface area contributed by atoms with E-state index in [9.17, 15) is 18.0 Å². The summed E-state index contributed by atoms with van der Waals surface area (Å²) in [5.41, 5.74) is 1.18. The molecular formula is C20H27N3O4S3. The number of thiophene rings is 1. The molecule has 2 aliphatic rings. The number of sulfone groups is 1. The van der Waals surface area contributed by atoms with Crippen molar-refractivity contribution in [1.29, 1.82) is 0 Å². The van der Waals surface area contributed by atoms with Crippen LogP contribution in [-0.4, -0.2) is 58.6 Å². The molecule has 30 heavy (non-hydrogen) atoms. The van der Waals surface area contributed by atoms with Crippen molar-refractivity contribution in [2.45, 2.75) is 63.7 Å². The van der Waals surface area contributed by atoms with Crippen LogP contribution in [0.3, 0.4) is 0 Å². The van der Waals surface area contributed by atoms with Crippen molar-refractivity contribution in [1.82, 2.24) is 14.5 Å². The summed E-state index contributed by atoms with van der Waals surface area (Å²) in [6, 6.07) is -0.248. The van der Waals surface area contributed by atoms with Gasteiger partial charge in [-0.3, -0.25) is 14.2 Å². The molecule has 0 bridgehead atoms. The molecule has 0 spiro atoms. The van der Waals surface area contributed by atoms with Gasteiger partial charge in [0.05, 0.1) is 22.6 Å². The van der Waals surface area contributed by atoms with Crippen LogP contribution in [0.2, 0.25) is 0 Å². The first-order chi connectivity index (χ1) is 14.3. The third-order valence-electron chi connectivity index (χ3n) is 5.87. The van der Waals surface area contributed by atoms with Gasteiger partial charge in [0.2, 0.25) is 5.91 Å². The minimum Gasteiger partial charge on any atom is -0.338 e. The molecule has 1 atom stereocenters. The van der Waals surface area contributed by atoms with E-state index in [0.29, 0.717) is 24.7 Å². The highest BCUT2D eigenvalue weighted by molar-refractivity contribution is 7.99. The normalized spacial score (nSPS) is 20.0. The molecule has 4 rings (SSSR count). The molecule has 2 aromatic heterocycles. The molecule has 0 saturated carbocycles. The van der Waals surface area contributed by atoms with Gasteiger partial charge in [-0.25, -0.2) is 13.4 Å². The number of hydrogen-bond acceptors (Lipinski definition) is 7. The smallest absolute Gasteiger partial charge is 0.263 e. The number of carbonyl (C=O) groups is 1. The molecule has 0 aromatic carbocycles. The second kappa shape index (κ2) is 8.63. The molecule has 1 amide bonds. The van der Waals surface area contributed by atoms with E-state index in [0.717, 1.165) is 35.9 Å². The lowest BCUT2D eigenvalue weighted by Crippen LogP contribution is -2.42. The Hall–Kier alpha value is -1.39. The first-order valence-corrected chi connectivity index (χ1v) is 14.1. The molecule has 1 fully saturated rings. The van der Waals surface area contributed by atoms with Crippen molar-refractivity contribution in [2.24, 2.45) is 0 Å². The molecular weight excluding hydrogens is 442 g/mol. The van der Waals surface area contributed by atoms with Crippen LogP contribution in [0.15, 0.2) is 9.95 Å². The Morgan fingerprint density at radius 2 is 2.13 bits per heavy atom. The van der Waals surface area contributed by atoms with E-state index in [1.165, 1.54) is 22.2 Å². The first-order valence-electron chi connectivity index (χ1n) is 10.5. The molecule has 2 aromatic rings. The molecule has 1 aliphatic carbocycles. The van der Waals surface area contributed by atoms with Gasteiger partial charge in [-0.15, -0.1) is 11.3 Å². The van der Waals surface area contributed by atoms with Crippen molar-refractivity contribution >= 4 is 49.1 Å². The third-order valence-corrected chi connectivity index (χ3v) is 9.77. The Morgan fingerprint density at radius 3 is 2.80 bits per heavy atom. The van der Waals surface area contributed by atoms with Crippen LogP contribution in [0.5, 0.6) is 0 Å². The van der Waals surface area contributed by atoms with E-state index in [1.54, 1.807) is 20.8 Å². The van der Waals surface area contributed by atoms with Crippen LogP contribution >= 0.6 is 23.1 Å². The number of rotatable bonds is 7. The van der Waals surface area contributed by atoms with Gasteiger partial charge in [0.1, 0.15) is 4.83 Å². The number of aromatic nitrogens is 2. The minimum absolute atomic E-state index is 0.00503. The van der Waals surface area contributed by atoms with Gasteiger partial charge in [0.25, 0.3) is 5.56 Å². The SMILES string of the molecule is CCCn1c(SCC(=O)N(CC)C2CCS(=O)(=O)C2)nc2sc3c(c2c1=O)CCC3. The number of carbonyl (C=O) groups excluding carboxylic acids is 1. The van der Waals surface area contributed by atoms with Gasteiger partial charge in [-0.1, -0.05) is 18.7 Å². The van der Waals surface area contributed by atoms with Crippen LogP contribution in [0, 0.1) is 0 Å². The second-order valence-electron chi connectivity index (χ2n) is 7.91. The van der Waals surface area contributed by atoms with Gasteiger partial charge in [-0.2, -0.15) is 0 Å². The monoisotopic (exact) mass is 469 g/mol. The van der Waals surface area contributed by atoms with Crippen molar-refractivity contribution in [2.75, 3.05) is 23.8 Å². The van der Waals surface area contributed by atoms with E-state index in [2.05, 4.69) is 0 Å². The van der Waals surface area contributed by atoms with Crippen LogP contribution in [0.25, 0.3) is 10.2 Å². The maximum atomic E-state index is 13.2. The molecule has 1 unspecified atom stereocenters. The highest BCUT2D eigenvalue weighted by Gasteiger charge is 2.34.